The highest BCUT2D eigenvalue weighted by molar-refractivity contribution is 6.30. The zero-order valence-corrected chi connectivity index (χ0v) is 14.1. The first kappa shape index (κ1) is 19.1. The van der Waals surface area contributed by atoms with Crippen molar-refractivity contribution in [3.63, 3.8) is 0 Å². The lowest BCUT2D eigenvalue weighted by atomic mass is 10.1. The fourth-order valence-electron chi connectivity index (χ4n) is 2.55. The van der Waals surface area contributed by atoms with E-state index >= 15 is 0 Å². The topological polar surface area (TPSA) is 12.5 Å². The largest absolute Gasteiger partial charge is 0.573 e. The van der Waals surface area contributed by atoms with Gasteiger partial charge in [-0.2, -0.15) is 0 Å². The van der Waals surface area contributed by atoms with Crippen LogP contribution >= 0.6 is 11.6 Å². The predicted molar refractivity (Wildman–Crippen MR) is 83.3 cm³/mol. The Bertz CT molecular complexity index is 479. The molecule has 1 aromatic carbocycles. The molecule has 1 aliphatic rings. The van der Waals surface area contributed by atoms with E-state index in [0.29, 0.717) is 5.92 Å². The molecule has 2 nitrogen and oxygen atoms in total. The van der Waals surface area contributed by atoms with Gasteiger partial charge in [0.15, 0.2) is 0 Å². The number of hydrogen-bond acceptors (Lipinski definition) is 2. The maximum Gasteiger partial charge on any atom is 0.573 e. The number of likely N-dealkylation sites (tertiary alicyclic amines) is 1. The normalized spacial score (nSPS) is 20.3. The summed E-state index contributed by atoms with van der Waals surface area (Å²) < 4.78 is 40.8. The summed E-state index contributed by atoms with van der Waals surface area (Å²) in [5, 5.41) is 0.251. The van der Waals surface area contributed by atoms with Gasteiger partial charge in [0, 0.05) is 17.6 Å². The van der Waals surface area contributed by atoms with Crippen molar-refractivity contribution >= 4 is 11.6 Å². The molecule has 2 atom stereocenters. The van der Waals surface area contributed by atoms with Crippen molar-refractivity contribution in [1.29, 1.82) is 0 Å². The first-order chi connectivity index (χ1) is 10.2. The van der Waals surface area contributed by atoms with Crippen LogP contribution in [-0.4, -0.2) is 24.4 Å². The quantitative estimate of drug-likeness (QED) is 0.704. The van der Waals surface area contributed by atoms with E-state index in [2.05, 4.69) is 16.6 Å². The third kappa shape index (κ3) is 5.69. The smallest absolute Gasteiger partial charge is 0.406 e. The summed E-state index contributed by atoms with van der Waals surface area (Å²) in [4.78, 5) is 2.24. The molecule has 22 heavy (non-hydrogen) atoms. The molecule has 0 aromatic heterocycles. The second-order valence-electron chi connectivity index (χ2n) is 5.33. The van der Waals surface area contributed by atoms with Gasteiger partial charge in [-0.1, -0.05) is 32.4 Å². The van der Waals surface area contributed by atoms with Gasteiger partial charge in [0.25, 0.3) is 0 Å². The number of halogens is 4. The van der Waals surface area contributed by atoms with Gasteiger partial charge in [-0.3, -0.25) is 4.90 Å². The Labute approximate surface area is 135 Å². The highest BCUT2D eigenvalue weighted by atomic mass is 35.5. The summed E-state index contributed by atoms with van der Waals surface area (Å²) in [6.07, 6.45) is -3.59. The molecular formula is C16H23ClF3NO. The average molecular weight is 338 g/mol. The van der Waals surface area contributed by atoms with Crippen molar-refractivity contribution in [2.45, 2.75) is 46.5 Å². The van der Waals surface area contributed by atoms with Crippen molar-refractivity contribution in [1.82, 2.24) is 4.90 Å². The maximum atomic E-state index is 12.3. The van der Waals surface area contributed by atoms with Crippen LogP contribution in [0.2, 0.25) is 5.02 Å². The van der Waals surface area contributed by atoms with Gasteiger partial charge < -0.3 is 4.74 Å². The summed E-state index contributed by atoms with van der Waals surface area (Å²) >= 11 is 5.89. The molecule has 0 amide bonds. The Morgan fingerprint density at radius 3 is 2.41 bits per heavy atom. The summed E-state index contributed by atoms with van der Waals surface area (Å²) in [5.41, 5.74) is 0.742. The molecule has 2 rings (SSSR count). The number of nitrogens with zero attached hydrogens (tertiary/aromatic N) is 1. The molecule has 1 aromatic rings. The highest BCUT2D eigenvalue weighted by Crippen LogP contribution is 2.33. The van der Waals surface area contributed by atoms with Crippen molar-refractivity contribution in [2.24, 2.45) is 5.92 Å². The van der Waals surface area contributed by atoms with Crippen molar-refractivity contribution in [3.8, 4) is 5.75 Å². The third-order valence-corrected chi connectivity index (χ3v) is 3.83. The standard InChI is InChI=1S/C14H17ClF3NO.C2H6/c1-9-3-4-19(8-9)10(2)11-5-12(15)7-13(6-11)20-14(16,17)18;1-2/h5-7,9-10H,3-4,8H2,1-2H3;1-2H3. The zero-order chi connectivity index (χ0) is 16.9. The average Bonchev–Trinajstić information content (AvgIpc) is 2.84. The Hall–Kier alpha value is -0.940. The monoisotopic (exact) mass is 337 g/mol. The molecule has 2 unspecified atom stereocenters. The van der Waals surface area contributed by atoms with Crippen LogP contribution in [0.4, 0.5) is 13.2 Å². The van der Waals surface area contributed by atoms with Gasteiger partial charge in [0.05, 0.1) is 0 Å². The minimum absolute atomic E-state index is 0.0224. The first-order valence-electron chi connectivity index (χ1n) is 7.55. The molecule has 0 bridgehead atoms. The molecule has 0 spiro atoms. The second-order valence-corrected chi connectivity index (χ2v) is 5.77. The maximum absolute atomic E-state index is 12.3. The summed E-state index contributed by atoms with van der Waals surface area (Å²) in [7, 11) is 0. The van der Waals surface area contributed by atoms with Crippen LogP contribution in [0.1, 0.15) is 45.7 Å². The fraction of sp³-hybridized carbons (Fsp3) is 0.625. The van der Waals surface area contributed by atoms with Crippen molar-refractivity contribution in [3.05, 3.63) is 28.8 Å². The lowest BCUT2D eigenvalue weighted by Gasteiger charge is -2.25. The van der Waals surface area contributed by atoms with E-state index in [4.69, 9.17) is 11.6 Å². The van der Waals surface area contributed by atoms with E-state index in [1.54, 1.807) is 6.07 Å². The van der Waals surface area contributed by atoms with E-state index in [0.717, 1.165) is 25.1 Å². The molecule has 1 saturated heterocycles. The summed E-state index contributed by atoms with van der Waals surface area (Å²) in [6, 6.07) is 4.30. The van der Waals surface area contributed by atoms with Crippen LogP contribution in [0.25, 0.3) is 0 Å². The molecule has 1 heterocycles. The van der Waals surface area contributed by atoms with Crippen LogP contribution < -0.4 is 4.74 Å². The summed E-state index contributed by atoms with van der Waals surface area (Å²) in [5.74, 6) is 0.349. The van der Waals surface area contributed by atoms with Crippen LogP contribution in [0.3, 0.4) is 0 Å². The molecule has 6 heteroatoms. The van der Waals surface area contributed by atoms with Crippen molar-refractivity contribution < 1.29 is 17.9 Å². The van der Waals surface area contributed by atoms with E-state index < -0.39 is 6.36 Å². The molecular weight excluding hydrogens is 315 g/mol. The molecule has 0 aliphatic carbocycles. The number of benzene rings is 1. The van der Waals surface area contributed by atoms with Gasteiger partial charge in [0.1, 0.15) is 5.75 Å². The van der Waals surface area contributed by atoms with Crippen LogP contribution in [0.15, 0.2) is 18.2 Å². The minimum atomic E-state index is -4.70. The first-order valence-corrected chi connectivity index (χ1v) is 7.92. The lowest BCUT2D eigenvalue weighted by molar-refractivity contribution is -0.274. The zero-order valence-electron chi connectivity index (χ0n) is 13.4. The molecule has 1 aliphatic heterocycles. The van der Waals surface area contributed by atoms with Gasteiger partial charge in [0.2, 0.25) is 0 Å². The number of ether oxygens (including phenoxy) is 1. The molecule has 0 saturated carbocycles. The van der Waals surface area contributed by atoms with Gasteiger partial charge in [-0.15, -0.1) is 13.2 Å². The number of alkyl halides is 3. The van der Waals surface area contributed by atoms with Gasteiger partial charge >= 0.3 is 6.36 Å². The van der Waals surface area contributed by atoms with E-state index in [1.807, 2.05) is 20.8 Å². The third-order valence-electron chi connectivity index (χ3n) is 3.61. The molecule has 0 radical (unpaired) electrons. The molecule has 0 N–H and O–H groups in total. The fourth-order valence-corrected chi connectivity index (χ4v) is 2.78. The molecule has 1 fully saturated rings. The summed E-state index contributed by atoms with van der Waals surface area (Å²) in [6.45, 7) is 10.0. The van der Waals surface area contributed by atoms with Crippen LogP contribution in [0.5, 0.6) is 5.75 Å². The predicted octanol–water partition coefficient (Wildman–Crippen LogP) is 5.67. The number of hydrogen-bond donors (Lipinski definition) is 0. The lowest BCUT2D eigenvalue weighted by Crippen LogP contribution is -2.24. The highest BCUT2D eigenvalue weighted by Gasteiger charge is 2.32. The molecule has 126 valence electrons. The Morgan fingerprint density at radius 1 is 1.27 bits per heavy atom. The Morgan fingerprint density at radius 2 is 1.91 bits per heavy atom. The van der Waals surface area contributed by atoms with E-state index in [1.165, 1.54) is 12.1 Å². The van der Waals surface area contributed by atoms with Gasteiger partial charge in [-0.05, 0) is 49.6 Å². The van der Waals surface area contributed by atoms with E-state index in [-0.39, 0.29) is 16.8 Å². The Balaban J connectivity index is 0.00000116. The number of rotatable bonds is 3. The van der Waals surface area contributed by atoms with E-state index in [9.17, 15) is 13.2 Å². The SMILES string of the molecule is CC.CC1CCN(C(C)c2cc(Cl)cc(OC(F)(F)F)c2)C1. The minimum Gasteiger partial charge on any atom is -0.406 e. The van der Waals surface area contributed by atoms with Crippen molar-refractivity contribution in [2.75, 3.05) is 13.1 Å². The second kappa shape index (κ2) is 8.06. The van der Waals surface area contributed by atoms with Crippen LogP contribution in [0, 0.1) is 5.92 Å². The Kier molecular flexibility index (Phi) is 7.00. The van der Waals surface area contributed by atoms with Gasteiger partial charge in [-0.25, -0.2) is 0 Å². The van der Waals surface area contributed by atoms with Crippen LogP contribution in [-0.2, 0) is 0 Å².